The molecule has 1 saturated heterocycles. The summed E-state index contributed by atoms with van der Waals surface area (Å²) in [5.41, 5.74) is 3.04. The number of nitrogens with one attached hydrogen (secondary N) is 1. The summed E-state index contributed by atoms with van der Waals surface area (Å²) < 4.78 is 11.2. The van der Waals surface area contributed by atoms with Crippen LogP contribution in [-0.2, 0) is 16.0 Å². The average molecular weight is 446 g/mol. The lowest BCUT2D eigenvalue weighted by Gasteiger charge is -2.35. The molecule has 2 amide bonds. The van der Waals surface area contributed by atoms with Crippen LogP contribution in [0.4, 0.5) is 0 Å². The van der Waals surface area contributed by atoms with Gasteiger partial charge in [-0.2, -0.15) is 0 Å². The Labute approximate surface area is 193 Å². The smallest absolute Gasteiger partial charge is 0.261 e. The fourth-order valence-corrected chi connectivity index (χ4v) is 3.98. The van der Waals surface area contributed by atoms with Crippen LogP contribution in [0.2, 0.25) is 0 Å². The number of pyridine rings is 1. The van der Waals surface area contributed by atoms with Crippen molar-refractivity contribution in [2.75, 3.05) is 26.3 Å². The summed E-state index contributed by atoms with van der Waals surface area (Å²) in [5.74, 6) is 0.858. The van der Waals surface area contributed by atoms with Crippen molar-refractivity contribution in [3.8, 4) is 22.6 Å². The first-order valence-corrected chi connectivity index (χ1v) is 11.1. The molecule has 1 aromatic heterocycles. The zero-order valence-corrected chi connectivity index (χ0v) is 18.6. The number of benzene rings is 2. The van der Waals surface area contributed by atoms with Gasteiger partial charge in [0.2, 0.25) is 5.91 Å². The molecule has 170 valence electrons. The van der Waals surface area contributed by atoms with E-state index in [4.69, 9.17) is 9.47 Å². The van der Waals surface area contributed by atoms with Crippen LogP contribution in [-0.4, -0.2) is 54.0 Å². The number of piperazine rings is 1. The highest BCUT2D eigenvalue weighted by Gasteiger charge is 2.33. The first-order valence-electron chi connectivity index (χ1n) is 11.1. The molecule has 33 heavy (non-hydrogen) atoms. The largest absolute Gasteiger partial charge is 0.494 e. The van der Waals surface area contributed by atoms with Crippen molar-refractivity contribution in [2.24, 2.45) is 0 Å². The van der Waals surface area contributed by atoms with Gasteiger partial charge in [-0.3, -0.25) is 14.6 Å². The van der Waals surface area contributed by atoms with Crippen LogP contribution in [0.15, 0.2) is 73.1 Å². The first kappa shape index (κ1) is 22.3. The molecule has 0 aliphatic carbocycles. The second-order valence-electron chi connectivity index (χ2n) is 7.69. The standard InChI is InChI=1S/C26H27N3O4/c1-2-32-21-7-5-8-22(17-21)33-18-25(30)29-15-14-28-26(31)24(29)16-20-6-3-4-9-23(20)19-10-12-27-13-11-19/h3-13,17,24H,2,14-16,18H2,1H3,(H,28,31)/t24-/m1/s1. The van der Waals surface area contributed by atoms with Gasteiger partial charge in [0.05, 0.1) is 6.61 Å². The Kier molecular flexibility index (Phi) is 7.19. The van der Waals surface area contributed by atoms with E-state index in [-0.39, 0.29) is 18.4 Å². The van der Waals surface area contributed by atoms with E-state index in [1.807, 2.05) is 55.5 Å². The third-order valence-corrected chi connectivity index (χ3v) is 5.55. The Hall–Kier alpha value is -3.87. The van der Waals surface area contributed by atoms with Gasteiger partial charge in [-0.1, -0.05) is 30.3 Å². The van der Waals surface area contributed by atoms with Crippen molar-refractivity contribution < 1.29 is 19.1 Å². The molecule has 1 N–H and O–H groups in total. The number of amides is 2. The molecular weight excluding hydrogens is 418 g/mol. The van der Waals surface area contributed by atoms with Gasteiger partial charge in [0.15, 0.2) is 6.61 Å². The molecule has 0 radical (unpaired) electrons. The zero-order chi connectivity index (χ0) is 23.0. The summed E-state index contributed by atoms with van der Waals surface area (Å²) in [7, 11) is 0. The Balaban J connectivity index is 1.49. The first-order chi connectivity index (χ1) is 16.2. The van der Waals surface area contributed by atoms with E-state index in [2.05, 4.69) is 10.3 Å². The summed E-state index contributed by atoms with van der Waals surface area (Å²) in [6.45, 7) is 3.17. The maximum Gasteiger partial charge on any atom is 0.261 e. The maximum atomic E-state index is 13.1. The van der Waals surface area contributed by atoms with E-state index < -0.39 is 6.04 Å². The summed E-state index contributed by atoms with van der Waals surface area (Å²) in [5, 5.41) is 2.89. The zero-order valence-electron chi connectivity index (χ0n) is 18.6. The number of ether oxygens (including phenoxy) is 2. The van der Waals surface area contributed by atoms with Crippen LogP contribution in [0.25, 0.3) is 11.1 Å². The Morgan fingerprint density at radius 3 is 2.61 bits per heavy atom. The molecule has 0 spiro atoms. The molecule has 7 heteroatoms. The minimum atomic E-state index is -0.604. The van der Waals surface area contributed by atoms with E-state index in [0.717, 1.165) is 16.7 Å². The lowest BCUT2D eigenvalue weighted by molar-refractivity contribution is -0.144. The predicted octanol–water partition coefficient (Wildman–Crippen LogP) is 3.10. The summed E-state index contributed by atoms with van der Waals surface area (Å²) >= 11 is 0. The normalized spacial score (nSPS) is 15.6. The molecule has 2 aromatic carbocycles. The van der Waals surface area contributed by atoms with Crippen LogP contribution in [0.1, 0.15) is 12.5 Å². The van der Waals surface area contributed by atoms with Gasteiger partial charge in [0, 0.05) is 38.0 Å². The van der Waals surface area contributed by atoms with Gasteiger partial charge in [0.1, 0.15) is 17.5 Å². The second-order valence-corrected chi connectivity index (χ2v) is 7.69. The van der Waals surface area contributed by atoms with Crippen molar-refractivity contribution >= 4 is 11.8 Å². The molecule has 1 fully saturated rings. The molecule has 0 bridgehead atoms. The summed E-state index contributed by atoms with van der Waals surface area (Å²) in [6.07, 6.45) is 3.90. The van der Waals surface area contributed by atoms with E-state index in [1.165, 1.54) is 0 Å². The minimum Gasteiger partial charge on any atom is -0.494 e. The van der Waals surface area contributed by atoms with E-state index in [1.54, 1.807) is 29.4 Å². The highest BCUT2D eigenvalue weighted by atomic mass is 16.5. The molecule has 3 aromatic rings. The number of carbonyl (C=O) groups is 2. The molecule has 2 heterocycles. The molecule has 1 aliphatic heterocycles. The van der Waals surface area contributed by atoms with Gasteiger partial charge >= 0.3 is 0 Å². The Bertz CT molecular complexity index is 1100. The molecular formula is C26H27N3O4. The average Bonchev–Trinajstić information content (AvgIpc) is 2.85. The Morgan fingerprint density at radius 2 is 1.82 bits per heavy atom. The van der Waals surface area contributed by atoms with Gasteiger partial charge in [-0.25, -0.2) is 0 Å². The molecule has 0 unspecified atom stereocenters. The molecule has 0 saturated carbocycles. The number of rotatable bonds is 8. The summed E-state index contributed by atoms with van der Waals surface area (Å²) in [4.78, 5) is 31.5. The van der Waals surface area contributed by atoms with Crippen molar-refractivity contribution in [2.45, 2.75) is 19.4 Å². The van der Waals surface area contributed by atoms with Crippen LogP contribution >= 0.6 is 0 Å². The van der Waals surface area contributed by atoms with Gasteiger partial charge in [-0.05, 0) is 47.9 Å². The van der Waals surface area contributed by atoms with E-state index in [9.17, 15) is 9.59 Å². The topological polar surface area (TPSA) is 80.8 Å². The van der Waals surface area contributed by atoms with Crippen molar-refractivity contribution in [3.63, 3.8) is 0 Å². The number of hydrogen-bond donors (Lipinski definition) is 1. The van der Waals surface area contributed by atoms with E-state index >= 15 is 0 Å². The van der Waals surface area contributed by atoms with Crippen LogP contribution in [0.3, 0.4) is 0 Å². The van der Waals surface area contributed by atoms with Crippen LogP contribution in [0.5, 0.6) is 11.5 Å². The fourth-order valence-electron chi connectivity index (χ4n) is 3.98. The SMILES string of the molecule is CCOc1cccc(OCC(=O)N2CCNC(=O)[C@H]2Cc2ccccc2-c2ccncc2)c1. The van der Waals surface area contributed by atoms with Gasteiger partial charge in [-0.15, -0.1) is 0 Å². The number of nitrogens with zero attached hydrogens (tertiary/aromatic N) is 2. The molecule has 1 atom stereocenters. The van der Waals surface area contributed by atoms with Crippen molar-refractivity contribution in [1.82, 2.24) is 15.2 Å². The number of aromatic nitrogens is 1. The number of hydrogen-bond acceptors (Lipinski definition) is 5. The van der Waals surface area contributed by atoms with Gasteiger partial charge in [0.25, 0.3) is 5.91 Å². The molecule has 7 nitrogen and oxygen atoms in total. The Morgan fingerprint density at radius 1 is 1.06 bits per heavy atom. The van der Waals surface area contributed by atoms with Crippen LogP contribution < -0.4 is 14.8 Å². The lowest BCUT2D eigenvalue weighted by atomic mass is 9.94. The third-order valence-electron chi connectivity index (χ3n) is 5.55. The van der Waals surface area contributed by atoms with Crippen molar-refractivity contribution in [3.05, 3.63) is 78.6 Å². The quantitative estimate of drug-likeness (QED) is 0.576. The van der Waals surface area contributed by atoms with Gasteiger partial charge < -0.3 is 19.7 Å². The molecule has 1 aliphatic rings. The molecule has 4 rings (SSSR count). The predicted molar refractivity (Wildman–Crippen MR) is 125 cm³/mol. The monoisotopic (exact) mass is 445 g/mol. The summed E-state index contributed by atoms with van der Waals surface area (Å²) in [6, 6.07) is 18.4. The van der Waals surface area contributed by atoms with Crippen LogP contribution in [0, 0.1) is 0 Å². The number of carbonyl (C=O) groups excluding carboxylic acids is 2. The van der Waals surface area contributed by atoms with Crippen molar-refractivity contribution in [1.29, 1.82) is 0 Å². The third kappa shape index (κ3) is 5.49. The fraction of sp³-hybridized carbons (Fsp3) is 0.269. The minimum absolute atomic E-state index is 0.147. The maximum absolute atomic E-state index is 13.1. The highest BCUT2D eigenvalue weighted by Crippen LogP contribution is 2.26. The second kappa shape index (κ2) is 10.6. The highest BCUT2D eigenvalue weighted by molar-refractivity contribution is 5.90. The van der Waals surface area contributed by atoms with E-state index in [0.29, 0.717) is 37.6 Å². The lowest BCUT2D eigenvalue weighted by Crippen LogP contribution is -2.58.